The molecule has 1 aliphatic heterocycles. The van der Waals surface area contributed by atoms with Crippen LogP contribution < -0.4 is 15.0 Å². The molecule has 2 amide bonds. The van der Waals surface area contributed by atoms with Crippen LogP contribution in [0.3, 0.4) is 0 Å². The lowest BCUT2D eigenvalue weighted by molar-refractivity contribution is -0.121. The summed E-state index contributed by atoms with van der Waals surface area (Å²) in [4.78, 5) is 29.3. The molecule has 1 aliphatic rings. The minimum Gasteiger partial charge on any atom is -0.480 e. The van der Waals surface area contributed by atoms with Crippen LogP contribution in [0.25, 0.3) is 0 Å². The lowest BCUT2D eigenvalue weighted by Crippen LogP contribution is -2.39. The second kappa shape index (κ2) is 6.05. The maximum Gasteiger partial charge on any atom is 0.413 e. The van der Waals surface area contributed by atoms with Gasteiger partial charge in [-0.05, 0) is 32.9 Å². The van der Waals surface area contributed by atoms with E-state index in [1.165, 1.54) is 4.90 Å². The summed E-state index contributed by atoms with van der Waals surface area (Å²) in [6, 6.07) is 3.24. The van der Waals surface area contributed by atoms with E-state index < -0.39 is 11.7 Å². The van der Waals surface area contributed by atoms with E-state index in [4.69, 9.17) is 9.47 Å². The molecule has 2 rings (SSSR count). The molecule has 0 aliphatic carbocycles. The van der Waals surface area contributed by atoms with Crippen molar-refractivity contribution < 1.29 is 19.1 Å². The SMILES string of the molecule is C=CCN1C(=O)COc2ccc(NC(=O)OC(C)(C)C)nc21. The summed E-state index contributed by atoms with van der Waals surface area (Å²) >= 11 is 0. The van der Waals surface area contributed by atoms with E-state index in [0.29, 0.717) is 18.1 Å². The van der Waals surface area contributed by atoms with Crippen molar-refractivity contribution in [2.24, 2.45) is 0 Å². The van der Waals surface area contributed by atoms with E-state index in [2.05, 4.69) is 16.9 Å². The third kappa shape index (κ3) is 3.75. The molecule has 1 aromatic heterocycles. The molecule has 0 atom stereocenters. The Morgan fingerprint density at radius 1 is 1.55 bits per heavy atom. The first-order chi connectivity index (χ1) is 10.3. The van der Waals surface area contributed by atoms with Gasteiger partial charge in [-0.25, -0.2) is 9.78 Å². The van der Waals surface area contributed by atoms with Gasteiger partial charge in [0.1, 0.15) is 11.4 Å². The summed E-state index contributed by atoms with van der Waals surface area (Å²) in [6.07, 6.45) is 0.987. The Morgan fingerprint density at radius 3 is 2.91 bits per heavy atom. The number of anilines is 2. The highest BCUT2D eigenvalue weighted by Gasteiger charge is 2.26. The van der Waals surface area contributed by atoms with Crippen molar-refractivity contribution in [3.63, 3.8) is 0 Å². The molecule has 0 radical (unpaired) electrons. The number of aromatic nitrogens is 1. The van der Waals surface area contributed by atoms with E-state index in [0.717, 1.165) is 0 Å². The molecule has 7 nitrogen and oxygen atoms in total. The van der Waals surface area contributed by atoms with Crippen LogP contribution in [0.2, 0.25) is 0 Å². The number of nitrogens with one attached hydrogen (secondary N) is 1. The first-order valence-corrected chi connectivity index (χ1v) is 6.85. The topological polar surface area (TPSA) is 80.8 Å². The van der Waals surface area contributed by atoms with Gasteiger partial charge in [0.15, 0.2) is 18.2 Å². The van der Waals surface area contributed by atoms with Crippen molar-refractivity contribution in [2.45, 2.75) is 26.4 Å². The zero-order chi connectivity index (χ0) is 16.3. The highest BCUT2D eigenvalue weighted by atomic mass is 16.6. The minimum absolute atomic E-state index is 0.0403. The third-order valence-electron chi connectivity index (χ3n) is 2.69. The van der Waals surface area contributed by atoms with Crippen LogP contribution in [0.1, 0.15) is 20.8 Å². The molecule has 118 valence electrons. The second-order valence-corrected chi connectivity index (χ2v) is 5.73. The first kappa shape index (κ1) is 15.8. The lowest BCUT2D eigenvalue weighted by Gasteiger charge is -2.27. The molecule has 1 aromatic rings. The Balaban J connectivity index is 2.21. The van der Waals surface area contributed by atoms with Gasteiger partial charge in [0, 0.05) is 6.54 Å². The van der Waals surface area contributed by atoms with Crippen LogP contribution in [0.15, 0.2) is 24.8 Å². The van der Waals surface area contributed by atoms with Crippen LogP contribution in [0.4, 0.5) is 16.4 Å². The molecule has 0 saturated carbocycles. The molecule has 22 heavy (non-hydrogen) atoms. The van der Waals surface area contributed by atoms with Crippen molar-refractivity contribution in [1.82, 2.24) is 4.98 Å². The number of rotatable bonds is 3. The Morgan fingerprint density at radius 2 is 2.27 bits per heavy atom. The molecule has 0 bridgehead atoms. The first-order valence-electron chi connectivity index (χ1n) is 6.85. The fourth-order valence-corrected chi connectivity index (χ4v) is 1.87. The van der Waals surface area contributed by atoms with Crippen molar-refractivity contribution in [3.05, 3.63) is 24.8 Å². The molecule has 0 saturated heterocycles. The summed E-state index contributed by atoms with van der Waals surface area (Å²) in [7, 11) is 0. The number of fused-ring (bicyclic) bond motifs is 1. The van der Waals surface area contributed by atoms with E-state index in [1.807, 2.05) is 0 Å². The number of amides is 2. The molecule has 0 unspecified atom stereocenters. The van der Waals surface area contributed by atoms with Crippen molar-refractivity contribution in [1.29, 1.82) is 0 Å². The van der Waals surface area contributed by atoms with E-state index in [1.54, 1.807) is 39.0 Å². The highest BCUT2D eigenvalue weighted by Crippen LogP contribution is 2.31. The van der Waals surface area contributed by atoms with Gasteiger partial charge in [-0.1, -0.05) is 6.08 Å². The summed E-state index contributed by atoms with van der Waals surface area (Å²) in [5.41, 5.74) is -0.605. The van der Waals surface area contributed by atoms with Gasteiger partial charge in [0.25, 0.3) is 5.91 Å². The maximum absolute atomic E-state index is 11.9. The van der Waals surface area contributed by atoms with Crippen LogP contribution >= 0.6 is 0 Å². The molecule has 7 heteroatoms. The zero-order valence-electron chi connectivity index (χ0n) is 12.9. The summed E-state index contributed by atoms with van der Waals surface area (Å²) in [5, 5.41) is 2.53. The molecule has 0 fully saturated rings. The fourth-order valence-electron chi connectivity index (χ4n) is 1.87. The number of carbonyl (C=O) groups excluding carboxylic acids is 2. The van der Waals surface area contributed by atoms with Crippen molar-refractivity contribution in [2.75, 3.05) is 23.4 Å². The Bertz CT molecular complexity index is 607. The standard InChI is InChI=1S/C15H19N3O4/c1-5-8-18-12(19)9-21-10-6-7-11(16-13(10)18)17-14(20)22-15(2,3)4/h5-7H,1,8-9H2,2-4H3,(H,16,17,20). The largest absolute Gasteiger partial charge is 0.480 e. The Kier molecular flexibility index (Phi) is 4.35. The zero-order valence-corrected chi connectivity index (χ0v) is 12.9. The van der Waals surface area contributed by atoms with Gasteiger partial charge < -0.3 is 9.47 Å². The fraction of sp³-hybridized carbons (Fsp3) is 0.400. The van der Waals surface area contributed by atoms with Gasteiger partial charge in [-0.15, -0.1) is 6.58 Å². The summed E-state index contributed by atoms with van der Waals surface area (Å²) in [5.74, 6) is 0.899. The molecule has 0 spiro atoms. The second-order valence-electron chi connectivity index (χ2n) is 5.73. The average molecular weight is 305 g/mol. The summed E-state index contributed by atoms with van der Waals surface area (Å²) < 4.78 is 10.5. The van der Waals surface area contributed by atoms with E-state index in [9.17, 15) is 9.59 Å². The van der Waals surface area contributed by atoms with Crippen LogP contribution in [0, 0.1) is 0 Å². The number of ether oxygens (including phenoxy) is 2. The number of pyridine rings is 1. The van der Waals surface area contributed by atoms with Crippen LogP contribution in [-0.4, -0.2) is 35.7 Å². The maximum atomic E-state index is 11.9. The quantitative estimate of drug-likeness (QED) is 0.867. The average Bonchev–Trinajstić information content (AvgIpc) is 2.40. The van der Waals surface area contributed by atoms with E-state index >= 15 is 0 Å². The minimum atomic E-state index is -0.613. The molecule has 2 heterocycles. The van der Waals surface area contributed by atoms with E-state index in [-0.39, 0.29) is 18.3 Å². The van der Waals surface area contributed by atoms with Crippen molar-refractivity contribution >= 4 is 23.6 Å². The van der Waals surface area contributed by atoms with Crippen LogP contribution in [0.5, 0.6) is 5.75 Å². The number of nitrogens with zero attached hydrogens (tertiary/aromatic N) is 2. The van der Waals surface area contributed by atoms with Gasteiger partial charge in [-0.3, -0.25) is 15.0 Å². The molecule has 0 aromatic carbocycles. The highest BCUT2D eigenvalue weighted by molar-refractivity contribution is 5.97. The predicted molar refractivity (Wildman–Crippen MR) is 82.1 cm³/mol. The molecular weight excluding hydrogens is 286 g/mol. The third-order valence-corrected chi connectivity index (χ3v) is 2.69. The molecule has 1 N–H and O–H groups in total. The number of hydrogen-bond donors (Lipinski definition) is 1. The van der Waals surface area contributed by atoms with Gasteiger partial charge in [0.2, 0.25) is 0 Å². The van der Waals surface area contributed by atoms with Gasteiger partial charge in [0.05, 0.1) is 0 Å². The summed E-state index contributed by atoms with van der Waals surface area (Å²) in [6.45, 7) is 9.21. The Labute approximate surface area is 128 Å². The van der Waals surface area contributed by atoms with Gasteiger partial charge in [-0.2, -0.15) is 0 Å². The Hall–Kier alpha value is -2.57. The molecular formula is C15H19N3O4. The monoisotopic (exact) mass is 305 g/mol. The predicted octanol–water partition coefficient (Wildman–Crippen LogP) is 2.34. The lowest BCUT2D eigenvalue weighted by atomic mass is 10.2. The normalized spacial score (nSPS) is 14.0. The van der Waals surface area contributed by atoms with Gasteiger partial charge >= 0.3 is 6.09 Å². The number of carbonyl (C=O) groups is 2. The number of hydrogen-bond acceptors (Lipinski definition) is 5. The smallest absolute Gasteiger partial charge is 0.413 e. The van der Waals surface area contributed by atoms with Crippen LogP contribution in [-0.2, 0) is 9.53 Å². The van der Waals surface area contributed by atoms with Crippen molar-refractivity contribution in [3.8, 4) is 5.75 Å².